The Bertz CT molecular complexity index is 897. The molecule has 0 bridgehead atoms. The molecule has 1 aromatic heterocycles. The summed E-state index contributed by atoms with van der Waals surface area (Å²) in [6, 6.07) is 3.10. The van der Waals surface area contributed by atoms with Crippen LogP contribution in [0.3, 0.4) is 0 Å². The summed E-state index contributed by atoms with van der Waals surface area (Å²) in [5.41, 5.74) is 3.23. The largest absolute Gasteiger partial charge is 0.504 e. The Labute approximate surface area is 184 Å². The van der Waals surface area contributed by atoms with Crippen molar-refractivity contribution in [1.82, 2.24) is 15.0 Å². The van der Waals surface area contributed by atoms with Crippen molar-refractivity contribution in [3.8, 4) is 11.5 Å². The number of nitrogens with zero attached hydrogens (tertiary/aromatic N) is 6. The lowest BCUT2D eigenvalue weighted by atomic mass is 10.2. The van der Waals surface area contributed by atoms with Gasteiger partial charge in [-0.3, -0.25) is 0 Å². The minimum absolute atomic E-state index is 0.0592. The van der Waals surface area contributed by atoms with E-state index in [0.717, 1.165) is 0 Å². The molecule has 0 radical (unpaired) electrons. The minimum Gasteiger partial charge on any atom is -0.504 e. The van der Waals surface area contributed by atoms with Gasteiger partial charge in [-0.2, -0.15) is 20.1 Å². The first-order chi connectivity index (χ1) is 15.1. The van der Waals surface area contributed by atoms with E-state index in [4.69, 9.17) is 25.8 Å². The number of hydrogen-bond acceptors (Lipinski definition) is 11. The van der Waals surface area contributed by atoms with Crippen LogP contribution in [0.5, 0.6) is 11.5 Å². The fourth-order valence-corrected chi connectivity index (χ4v) is 3.44. The van der Waals surface area contributed by atoms with Gasteiger partial charge >= 0.3 is 0 Å². The van der Waals surface area contributed by atoms with Crippen molar-refractivity contribution < 1.29 is 19.3 Å². The van der Waals surface area contributed by atoms with E-state index < -0.39 is 0 Å². The number of aromatic hydroxyl groups is 1. The van der Waals surface area contributed by atoms with Gasteiger partial charge in [-0.05, 0) is 6.07 Å². The fraction of sp³-hybridized carbons (Fsp3) is 0.474. The number of benzene rings is 1. The molecule has 2 aliphatic heterocycles. The Morgan fingerprint density at radius 3 is 2.16 bits per heavy atom. The summed E-state index contributed by atoms with van der Waals surface area (Å²) < 4.78 is 16.0. The maximum atomic E-state index is 10.3. The van der Waals surface area contributed by atoms with E-state index in [1.807, 2.05) is 0 Å². The quantitative estimate of drug-likeness (QED) is 0.494. The van der Waals surface area contributed by atoms with Crippen LogP contribution in [-0.2, 0) is 9.47 Å². The summed E-state index contributed by atoms with van der Waals surface area (Å²) in [5.74, 6) is 1.62. The highest BCUT2D eigenvalue weighted by Gasteiger charge is 2.20. The van der Waals surface area contributed by atoms with Crippen LogP contribution < -0.4 is 20.0 Å². The van der Waals surface area contributed by atoms with Crippen molar-refractivity contribution >= 4 is 35.7 Å². The summed E-state index contributed by atoms with van der Waals surface area (Å²) >= 11 is 6.07. The van der Waals surface area contributed by atoms with E-state index in [1.54, 1.807) is 6.07 Å². The third-order valence-corrected chi connectivity index (χ3v) is 5.08. The van der Waals surface area contributed by atoms with E-state index in [0.29, 0.717) is 81.0 Å². The number of phenols is 1. The number of methoxy groups -OCH3 is 1. The molecule has 2 aromatic rings. The summed E-state index contributed by atoms with van der Waals surface area (Å²) in [7, 11) is 1.45. The van der Waals surface area contributed by atoms with Gasteiger partial charge in [0.2, 0.25) is 17.8 Å². The molecular formula is C19H24ClN7O4. The van der Waals surface area contributed by atoms with Crippen LogP contribution in [0.2, 0.25) is 5.02 Å². The zero-order chi connectivity index (χ0) is 21.6. The average molecular weight is 450 g/mol. The summed E-state index contributed by atoms with van der Waals surface area (Å²) in [4.78, 5) is 17.8. The van der Waals surface area contributed by atoms with Crippen LogP contribution in [-0.4, -0.2) is 86.0 Å². The number of hydrazone groups is 1. The molecule has 166 valence electrons. The number of nitrogens with one attached hydrogen (secondary N) is 1. The third-order valence-electron chi connectivity index (χ3n) is 4.86. The van der Waals surface area contributed by atoms with Crippen LogP contribution >= 0.6 is 11.6 Å². The molecule has 31 heavy (non-hydrogen) atoms. The molecule has 0 amide bonds. The molecule has 2 fully saturated rings. The number of hydrogen-bond donors (Lipinski definition) is 2. The Hall–Kier alpha value is -2.89. The Morgan fingerprint density at radius 1 is 1.03 bits per heavy atom. The van der Waals surface area contributed by atoms with Crippen LogP contribution in [0.1, 0.15) is 5.56 Å². The molecule has 0 unspecified atom stereocenters. The highest BCUT2D eigenvalue weighted by atomic mass is 35.5. The van der Waals surface area contributed by atoms with Gasteiger partial charge in [0.15, 0.2) is 11.5 Å². The monoisotopic (exact) mass is 449 g/mol. The number of anilines is 3. The summed E-state index contributed by atoms with van der Waals surface area (Å²) in [6.07, 6.45) is 1.43. The zero-order valence-electron chi connectivity index (χ0n) is 17.1. The molecule has 2 saturated heterocycles. The van der Waals surface area contributed by atoms with Crippen molar-refractivity contribution in [1.29, 1.82) is 0 Å². The maximum absolute atomic E-state index is 10.3. The van der Waals surface area contributed by atoms with Gasteiger partial charge in [-0.1, -0.05) is 11.6 Å². The lowest BCUT2D eigenvalue weighted by Crippen LogP contribution is -2.40. The van der Waals surface area contributed by atoms with E-state index in [1.165, 1.54) is 19.4 Å². The molecule has 0 atom stereocenters. The SMILES string of the molecule is COc1cc(Cl)cc(/C=N/Nc2nc(N3CCOCC3)nc(N3CCOCC3)n2)c1O. The molecule has 2 N–H and O–H groups in total. The maximum Gasteiger partial charge on any atom is 0.250 e. The lowest BCUT2D eigenvalue weighted by molar-refractivity contribution is 0.121. The molecule has 4 rings (SSSR count). The predicted octanol–water partition coefficient (Wildman–Crippen LogP) is 1.36. The molecule has 11 nitrogen and oxygen atoms in total. The van der Waals surface area contributed by atoms with Crippen molar-refractivity contribution in [3.05, 3.63) is 22.7 Å². The van der Waals surface area contributed by atoms with E-state index >= 15 is 0 Å². The first kappa shape index (κ1) is 21.3. The Morgan fingerprint density at radius 2 is 1.61 bits per heavy atom. The minimum atomic E-state index is -0.0592. The highest BCUT2D eigenvalue weighted by molar-refractivity contribution is 6.31. The second-order valence-corrected chi connectivity index (χ2v) is 7.31. The van der Waals surface area contributed by atoms with Gasteiger partial charge in [0.1, 0.15) is 0 Å². The van der Waals surface area contributed by atoms with Crippen molar-refractivity contribution in [2.45, 2.75) is 0 Å². The van der Waals surface area contributed by atoms with Gasteiger partial charge in [0, 0.05) is 42.8 Å². The number of rotatable bonds is 6. The van der Waals surface area contributed by atoms with Gasteiger partial charge in [0.05, 0.1) is 39.8 Å². The number of morpholine rings is 2. The van der Waals surface area contributed by atoms with Crippen LogP contribution in [0.15, 0.2) is 17.2 Å². The third kappa shape index (κ3) is 5.24. The Balaban J connectivity index is 1.58. The lowest BCUT2D eigenvalue weighted by Gasteiger charge is -2.30. The van der Waals surface area contributed by atoms with Crippen LogP contribution in [0, 0.1) is 0 Å². The fourth-order valence-electron chi connectivity index (χ4n) is 3.22. The van der Waals surface area contributed by atoms with E-state index in [9.17, 15) is 5.11 Å². The first-order valence-corrected chi connectivity index (χ1v) is 10.3. The van der Waals surface area contributed by atoms with E-state index in [-0.39, 0.29) is 11.5 Å². The van der Waals surface area contributed by atoms with Crippen LogP contribution in [0.25, 0.3) is 0 Å². The Kier molecular flexibility index (Phi) is 6.85. The molecular weight excluding hydrogens is 426 g/mol. The standard InChI is InChI=1S/C19H24ClN7O4/c1-29-15-11-14(20)10-13(16(15)28)12-21-25-17-22-18(26-2-6-30-7-3-26)24-19(23-17)27-4-8-31-9-5-27/h10-12,28H,2-9H2,1H3,(H,22,23,24,25)/b21-12+. The molecule has 12 heteroatoms. The molecule has 0 aliphatic carbocycles. The zero-order valence-corrected chi connectivity index (χ0v) is 17.9. The molecule has 2 aliphatic rings. The van der Waals surface area contributed by atoms with E-state index in [2.05, 4.69) is 35.3 Å². The van der Waals surface area contributed by atoms with Gasteiger partial charge in [-0.15, -0.1) is 0 Å². The number of halogens is 1. The second-order valence-electron chi connectivity index (χ2n) is 6.87. The number of ether oxygens (including phenoxy) is 3. The number of phenolic OH excluding ortho intramolecular Hbond substituents is 1. The van der Waals surface area contributed by atoms with Gasteiger partial charge in [-0.25, -0.2) is 5.43 Å². The van der Waals surface area contributed by atoms with Crippen molar-refractivity contribution in [2.24, 2.45) is 5.10 Å². The molecule has 1 aromatic carbocycles. The van der Waals surface area contributed by atoms with Crippen LogP contribution in [0.4, 0.5) is 17.8 Å². The first-order valence-electron chi connectivity index (χ1n) is 9.91. The summed E-state index contributed by atoms with van der Waals surface area (Å²) in [5, 5.41) is 14.8. The highest BCUT2D eigenvalue weighted by Crippen LogP contribution is 2.32. The second kappa shape index (κ2) is 9.94. The predicted molar refractivity (Wildman–Crippen MR) is 117 cm³/mol. The average Bonchev–Trinajstić information content (AvgIpc) is 2.82. The van der Waals surface area contributed by atoms with Gasteiger partial charge in [0.25, 0.3) is 0 Å². The summed E-state index contributed by atoms with van der Waals surface area (Å²) in [6.45, 7) is 5.28. The smallest absolute Gasteiger partial charge is 0.250 e. The normalized spacial score (nSPS) is 17.2. The molecule has 0 saturated carbocycles. The molecule has 0 spiro atoms. The topological polar surface area (TPSA) is 117 Å². The number of aromatic nitrogens is 3. The van der Waals surface area contributed by atoms with Crippen molar-refractivity contribution in [3.63, 3.8) is 0 Å². The van der Waals surface area contributed by atoms with Crippen molar-refractivity contribution in [2.75, 3.05) is 74.9 Å². The molecule has 3 heterocycles. The van der Waals surface area contributed by atoms with Gasteiger partial charge < -0.3 is 29.1 Å².